The summed E-state index contributed by atoms with van der Waals surface area (Å²) in [7, 11) is 0. The maximum absolute atomic E-state index is 11.8. The number of rotatable bonds is 1. The number of allylic oxidation sites excluding steroid dienone is 4. The smallest absolute Gasteiger partial charge is 0.166 e. The second-order valence-electron chi connectivity index (χ2n) is 2.16. The van der Waals surface area contributed by atoms with Gasteiger partial charge in [0, 0.05) is 5.57 Å². The Hall–Kier alpha value is -0.380. The van der Waals surface area contributed by atoms with Crippen LogP contribution in [0.5, 0.6) is 0 Å². The molecule has 0 aromatic carbocycles. The predicted octanol–water partition coefficient (Wildman–Crippen LogP) is 3.33. The van der Waals surface area contributed by atoms with Crippen LogP contribution in [0.3, 0.4) is 0 Å². The fraction of sp³-hybridized carbons (Fsp3) is 0.429. The molecule has 0 heterocycles. The molecule has 4 heteroatoms. The lowest BCUT2D eigenvalue weighted by Gasteiger charge is -2.04. The van der Waals surface area contributed by atoms with E-state index in [0.717, 1.165) is 13.0 Å². The van der Waals surface area contributed by atoms with Gasteiger partial charge in [-0.25, -0.2) is 0 Å². The van der Waals surface area contributed by atoms with Gasteiger partial charge in [0.2, 0.25) is 0 Å². The van der Waals surface area contributed by atoms with Crippen LogP contribution < -0.4 is 0 Å². The third kappa shape index (κ3) is 4.95. The summed E-state index contributed by atoms with van der Waals surface area (Å²) < 4.78 is 35.3. The Morgan fingerprint density at radius 3 is 1.91 bits per heavy atom. The first-order valence-corrected chi connectivity index (χ1v) is 3.40. The molecule has 0 aliphatic carbocycles. The van der Waals surface area contributed by atoms with Gasteiger partial charge in [-0.05, 0) is 18.8 Å². The number of hydrogen-bond donors (Lipinski definition) is 1. The molecule has 0 aromatic rings. The van der Waals surface area contributed by atoms with Crippen LogP contribution in [0.25, 0.3) is 0 Å². The van der Waals surface area contributed by atoms with E-state index in [1.54, 1.807) is 6.92 Å². The van der Waals surface area contributed by atoms with Crippen molar-refractivity contribution in [1.29, 1.82) is 0 Å². The Kier molecular flexibility index (Phi) is 3.72. The van der Waals surface area contributed by atoms with Gasteiger partial charge < -0.3 is 0 Å². The van der Waals surface area contributed by atoms with Crippen molar-refractivity contribution >= 4 is 12.6 Å². The molecule has 64 valence electrons. The molecule has 0 aliphatic heterocycles. The zero-order valence-electron chi connectivity index (χ0n) is 6.24. The standard InChI is InChI=1S/C7H9F3S/c1-5(7(8,9)10)3-4-6(2)11/h3-4,11H,1-2H3/b5-3+,6-4+. The molecule has 0 saturated heterocycles. The van der Waals surface area contributed by atoms with Crippen molar-refractivity contribution in [3.05, 3.63) is 22.6 Å². The molecule has 0 bridgehead atoms. The maximum atomic E-state index is 11.8. The van der Waals surface area contributed by atoms with Crippen LogP contribution in [0.2, 0.25) is 0 Å². The van der Waals surface area contributed by atoms with E-state index in [0.29, 0.717) is 4.91 Å². The largest absolute Gasteiger partial charge is 0.412 e. The Morgan fingerprint density at radius 1 is 1.18 bits per heavy atom. The first-order chi connectivity index (χ1) is 4.84. The van der Waals surface area contributed by atoms with Gasteiger partial charge >= 0.3 is 6.18 Å². The number of alkyl halides is 3. The fourth-order valence-electron chi connectivity index (χ4n) is 0.340. The quantitative estimate of drug-likeness (QED) is 0.466. The maximum Gasteiger partial charge on any atom is 0.412 e. The van der Waals surface area contributed by atoms with Crippen LogP contribution in [0.4, 0.5) is 13.2 Å². The minimum Gasteiger partial charge on any atom is -0.166 e. The highest BCUT2D eigenvalue weighted by atomic mass is 32.1. The van der Waals surface area contributed by atoms with Crippen LogP contribution in [-0.4, -0.2) is 6.18 Å². The van der Waals surface area contributed by atoms with E-state index >= 15 is 0 Å². The minimum atomic E-state index is -4.22. The van der Waals surface area contributed by atoms with E-state index in [9.17, 15) is 13.2 Å². The minimum absolute atomic E-state index is 0.550. The molecule has 0 fully saturated rings. The van der Waals surface area contributed by atoms with E-state index in [2.05, 4.69) is 12.6 Å². The lowest BCUT2D eigenvalue weighted by atomic mass is 10.2. The van der Waals surface area contributed by atoms with Gasteiger partial charge in [-0.1, -0.05) is 12.2 Å². The zero-order chi connectivity index (χ0) is 9.07. The molecule has 0 nitrogen and oxygen atoms in total. The topological polar surface area (TPSA) is 0 Å². The molecule has 0 spiro atoms. The second kappa shape index (κ2) is 3.85. The van der Waals surface area contributed by atoms with Crippen molar-refractivity contribution < 1.29 is 13.2 Å². The molecular weight excluding hydrogens is 173 g/mol. The Morgan fingerprint density at radius 2 is 1.64 bits per heavy atom. The summed E-state index contributed by atoms with van der Waals surface area (Å²) in [6.45, 7) is 2.64. The lowest BCUT2D eigenvalue weighted by Crippen LogP contribution is -2.08. The van der Waals surface area contributed by atoms with Gasteiger partial charge in [0.1, 0.15) is 0 Å². The van der Waals surface area contributed by atoms with Crippen LogP contribution in [0, 0.1) is 0 Å². The average molecular weight is 182 g/mol. The van der Waals surface area contributed by atoms with Gasteiger partial charge in [-0.3, -0.25) is 0 Å². The Labute approximate surface area is 69.2 Å². The van der Waals surface area contributed by atoms with E-state index in [4.69, 9.17) is 0 Å². The highest BCUT2D eigenvalue weighted by Gasteiger charge is 2.29. The summed E-state index contributed by atoms with van der Waals surface area (Å²) in [6, 6.07) is 0. The monoisotopic (exact) mass is 182 g/mol. The number of halogens is 3. The molecule has 0 aliphatic rings. The summed E-state index contributed by atoms with van der Waals surface area (Å²) in [5, 5.41) is 0. The highest BCUT2D eigenvalue weighted by Crippen LogP contribution is 2.24. The molecule has 0 rings (SSSR count). The van der Waals surface area contributed by atoms with Crippen molar-refractivity contribution in [1.82, 2.24) is 0 Å². The van der Waals surface area contributed by atoms with Crippen LogP contribution in [0.15, 0.2) is 22.6 Å². The average Bonchev–Trinajstić information content (AvgIpc) is 1.80. The van der Waals surface area contributed by atoms with E-state index < -0.39 is 11.7 Å². The number of hydrogen-bond acceptors (Lipinski definition) is 1. The SMILES string of the molecule is C/C(S)=C\C=C(/C)C(F)(F)F. The van der Waals surface area contributed by atoms with Gasteiger partial charge in [-0.2, -0.15) is 13.2 Å². The summed E-state index contributed by atoms with van der Waals surface area (Å²) in [4.78, 5) is 0.550. The molecule has 0 amide bonds. The molecule has 0 unspecified atom stereocenters. The lowest BCUT2D eigenvalue weighted by molar-refractivity contribution is -0.0912. The molecule has 0 aromatic heterocycles. The van der Waals surface area contributed by atoms with E-state index in [1.807, 2.05) is 0 Å². The molecular formula is C7H9F3S. The molecule has 0 N–H and O–H groups in total. The Bertz CT molecular complexity index is 184. The van der Waals surface area contributed by atoms with Crippen LogP contribution in [-0.2, 0) is 0 Å². The summed E-state index contributed by atoms with van der Waals surface area (Å²) in [5.41, 5.74) is -0.620. The van der Waals surface area contributed by atoms with Crippen molar-refractivity contribution in [3.8, 4) is 0 Å². The molecule has 0 radical (unpaired) electrons. The summed E-state index contributed by atoms with van der Waals surface area (Å²) in [6.07, 6.45) is -1.91. The van der Waals surface area contributed by atoms with Gasteiger partial charge in [0.15, 0.2) is 0 Å². The normalized spacial score (nSPS) is 15.5. The van der Waals surface area contributed by atoms with E-state index in [1.165, 1.54) is 6.08 Å². The third-order valence-corrected chi connectivity index (χ3v) is 1.17. The fourth-order valence-corrected chi connectivity index (χ4v) is 0.415. The molecule has 0 atom stereocenters. The second-order valence-corrected chi connectivity index (χ2v) is 2.86. The van der Waals surface area contributed by atoms with Gasteiger partial charge in [0.25, 0.3) is 0 Å². The van der Waals surface area contributed by atoms with Crippen molar-refractivity contribution in [2.75, 3.05) is 0 Å². The van der Waals surface area contributed by atoms with Crippen molar-refractivity contribution in [3.63, 3.8) is 0 Å². The Balaban J connectivity index is 4.36. The number of thiol groups is 1. The third-order valence-electron chi connectivity index (χ3n) is 1.02. The summed E-state index contributed by atoms with van der Waals surface area (Å²) >= 11 is 3.82. The van der Waals surface area contributed by atoms with Crippen LogP contribution in [0.1, 0.15) is 13.8 Å². The zero-order valence-corrected chi connectivity index (χ0v) is 7.13. The molecule has 0 saturated carbocycles. The van der Waals surface area contributed by atoms with E-state index in [-0.39, 0.29) is 0 Å². The predicted molar refractivity (Wildman–Crippen MR) is 42.6 cm³/mol. The van der Waals surface area contributed by atoms with Gasteiger partial charge in [0.05, 0.1) is 0 Å². The van der Waals surface area contributed by atoms with Crippen molar-refractivity contribution in [2.45, 2.75) is 20.0 Å². The van der Waals surface area contributed by atoms with Crippen LogP contribution >= 0.6 is 12.6 Å². The van der Waals surface area contributed by atoms with Crippen molar-refractivity contribution in [2.24, 2.45) is 0 Å². The highest BCUT2D eigenvalue weighted by molar-refractivity contribution is 7.84. The molecule has 11 heavy (non-hydrogen) atoms. The first kappa shape index (κ1) is 10.6. The van der Waals surface area contributed by atoms with Gasteiger partial charge in [-0.15, -0.1) is 12.6 Å². The summed E-state index contributed by atoms with van der Waals surface area (Å²) in [5.74, 6) is 0. The first-order valence-electron chi connectivity index (χ1n) is 2.95.